The van der Waals surface area contributed by atoms with Gasteiger partial charge in [-0.1, -0.05) is 25.0 Å². The first-order chi connectivity index (χ1) is 11.9. The standard InChI is InChI=1S/C17H17F3N4O/c18-17(19,20)12-7-3-4-8-13(12)22-15-10-9-14(23-24-15)16(25)21-11-5-1-2-6-11/h3-4,7-11H,1-2,5-6H2,(H,21,25)(H,22,24). The Morgan fingerprint density at radius 2 is 1.76 bits per heavy atom. The maximum atomic E-state index is 13.0. The highest BCUT2D eigenvalue weighted by atomic mass is 19.4. The van der Waals surface area contributed by atoms with E-state index in [9.17, 15) is 18.0 Å². The lowest BCUT2D eigenvalue weighted by Gasteiger charge is -2.14. The van der Waals surface area contributed by atoms with Crippen molar-refractivity contribution >= 4 is 17.4 Å². The molecule has 1 fully saturated rings. The number of alkyl halides is 3. The van der Waals surface area contributed by atoms with E-state index in [1.54, 1.807) is 0 Å². The van der Waals surface area contributed by atoms with Gasteiger partial charge in [-0.3, -0.25) is 4.79 Å². The Morgan fingerprint density at radius 1 is 1.04 bits per heavy atom. The highest BCUT2D eigenvalue weighted by Gasteiger charge is 2.33. The number of carbonyl (C=O) groups is 1. The van der Waals surface area contributed by atoms with Crippen molar-refractivity contribution in [3.8, 4) is 0 Å². The normalized spacial score (nSPS) is 15.2. The van der Waals surface area contributed by atoms with Crippen LogP contribution in [0.15, 0.2) is 36.4 Å². The molecule has 0 atom stereocenters. The van der Waals surface area contributed by atoms with Crippen LogP contribution in [0.4, 0.5) is 24.7 Å². The van der Waals surface area contributed by atoms with E-state index in [1.807, 2.05) is 0 Å². The topological polar surface area (TPSA) is 66.9 Å². The zero-order valence-corrected chi connectivity index (χ0v) is 13.3. The number of rotatable bonds is 4. The molecule has 0 spiro atoms. The van der Waals surface area contributed by atoms with Crippen LogP contribution in [0.5, 0.6) is 0 Å². The van der Waals surface area contributed by atoms with Crippen LogP contribution >= 0.6 is 0 Å². The smallest absolute Gasteiger partial charge is 0.348 e. The first-order valence-electron chi connectivity index (χ1n) is 8.01. The summed E-state index contributed by atoms with van der Waals surface area (Å²) in [7, 11) is 0. The van der Waals surface area contributed by atoms with E-state index in [1.165, 1.54) is 30.3 Å². The van der Waals surface area contributed by atoms with Crippen molar-refractivity contribution in [2.75, 3.05) is 5.32 Å². The van der Waals surface area contributed by atoms with Gasteiger partial charge in [0.1, 0.15) is 0 Å². The largest absolute Gasteiger partial charge is 0.418 e. The van der Waals surface area contributed by atoms with Crippen molar-refractivity contribution < 1.29 is 18.0 Å². The summed E-state index contributed by atoms with van der Waals surface area (Å²) in [5.41, 5.74) is -0.770. The fourth-order valence-electron chi connectivity index (χ4n) is 2.83. The lowest BCUT2D eigenvalue weighted by molar-refractivity contribution is -0.136. The molecule has 0 radical (unpaired) electrons. The fraction of sp³-hybridized carbons (Fsp3) is 0.353. The number of hydrogen-bond acceptors (Lipinski definition) is 4. The quantitative estimate of drug-likeness (QED) is 0.877. The summed E-state index contributed by atoms with van der Waals surface area (Å²) in [6.45, 7) is 0. The highest BCUT2D eigenvalue weighted by molar-refractivity contribution is 5.92. The zero-order valence-electron chi connectivity index (χ0n) is 13.3. The van der Waals surface area contributed by atoms with Crippen LogP contribution in [-0.2, 0) is 6.18 Å². The number of nitrogens with one attached hydrogen (secondary N) is 2. The van der Waals surface area contributed by atoms with E-state index in [-0.39, 0.29) is 29.1 Å². The van der Waals surface area contributed by atoms with Gasteiger partial charge in [0.25, 0.3) is 5.91 Å². The molecule has 25 heavy (non-hydrogen) atoms. The highest BCUT2D eigenvalue weighted by Crippen LogP contribution is 2.35. The lowest BCUT2D eigenvalue weighted by Crippen LogP contribution is -2.33. The molecule has 2 aromatic rings. The first-order valence-corrected chi connectivity index (χ1v) is 8.01. The van der Waals surface area contributed by atoms with Gasteiger partial charge in [-0.25, -0.2) is 0 Å². The van der Waals surface area contributed by atoms with Gasteiger partial charge in [-0.15, -0.1) is 10.2 Å². The Hall–Kier alpha value is -2.64. The van der Waals surface area contributed by atoms with Crippen LogP contribution in [-0.4, -0.2) is 22.1 Å². The summed E-state index contributed by atoms with van der Waals surface area (Å²) in [5.74, 6) is -0.184. The van der Waals surface area contributed by atoms with Crippen LogP contribution in [0.2, 0.25) is 0 Å². The van der Waals surface area contributed by atoms with E-state index in [0.717, 1.165) is 31.7 Å². The molecule has 1 saturated carbocycles. The van der Waals surface area contributed by atoms with Crippen LogP contribution in [0, 0.1) is 0 Å². The number of benzene rings is 1. The van der Waals surface area contributed by atoms with Crippen LogP contribution in [0.25, 0.3) is 0 Å². The summed E-state index contributed by atoms with van der Waals surface area (Å²) >= 11 is 0. The van der Waals surface area contributed by atoms with Gasteiger partial charge in [-0.05, 0) is 37.1 Å². The average molecular weight is 350 g/mol. The minimum absolute atomic E-state index is 0.118. The molecule has 1 aromatic heterocycles. The maximum absolute atomic E-state index is 13.0. The van der Waals surface area contributed by atoms with E-state index < -0.39 is 11.7 Å². The number of aromatic nitrogens is 2. The Labute approximate surface area is 142 Å². The van der Waals surface area contributed by atoms with Gasteiger partial charge < -0.3 is 10.6 Å². The molecule has 8 heteroatoms. The Morgan fingerprint density at radius 3 is 2.40 bits per heavy atom. The fourth-order valence-corrected chi connectivity index (χ4v) is 2.83. The lowest BCUT2D eigenvalue weighted by atomic mass is 10.1. The molecule has 1 amide bonds. The minimum atomic E-state index is -4.47. The second-order valence-corrected chi connectivity index (χ2v) is 5.93. The molecule has 1 aliphatic carbocycles. The second kappa shape index (κ2) is 7.08. The zero-order chi connectivity index (χ0) is 17.9. The van der Waals surface area contributed by atoms with Gasteiger partial charge in [0.2, 0.25) is 0 Å². The molecule has 0 unspecified atom stereocenters. The van der Waals surface area contributed by atoms with E-state index >= 15 is 0 Å². The predicted molar refractivity (Wildman–Crippen MR) is 86.5 cm³/mol. The van der Waals surface area contributed by atoms with Gasteiger partial charge in [0.15, 0.2) is 11.5 Å². The van der Waals surface area contributed by atoms with Gasteiger partial charge >= 0.3 is 6.18 Å². The molecule has 5 nitrogen and oxygen atoms in total. The number of amides is 1. The Bertz CT molecular complexity index is 740. The third-order valence-electron chi connectivity index (χ3n) is 4.08. The second-order valence-electron chi connectivity index (χ2n) is 5.93. The van der Waals surface area contributed by atoms with Crippen molar-refractivity contribution in [2.24, 2.45) is 0 Å². The predicted octanol–water partition coefficient (Wildman–Crippen LogP) is 3.91. The van der Waals surface area contributed by atoms with Crippen LogP contribution in [0.3, 0.4) is 0 Å². The molecular weight excluding hydrogens is 333 g/mol. The van der Waals surface area contributed by atoms with Crippen LogP contribution < -0.4 is 10.6 Å². The molecule has 132 valence electrons. The number of nitrogens with zero attached hydrogens (tertiary/aromatic N) is 2. The number of anilines is 2. The summed E-state index contributed by atoms with van der Waals surface area (Å²) < 4.78 is 39.0. The minimum Gasteiger partial charge on any atom is -0.348 e. The molecule has 0 bridgehead atoms. The van der Waals surface area contributed by atoms with Gasteiger partial charge in [0, 0.05) is 6.04 Å². The summed E-state index contributed by atoms with van der Waals surface area (Å²) in [6.07, 6.45) is -0.381. The van der Waals surface area contributed by atoms with Crippen molar-refractivity contribution in [1.82, 2.24) is 15.5 Å². The molecule has 0 aliphatic heterocycles. The SMILES string of the molecule is O=C(NC1CCCC1)c1ccc(Nc2ccccc2C(F)(F)F)nn1. The summed E-state index contributed by atoms with van der Waals surface area (Å²) in [6, 6.07) is 8.14. The summed E-state index contributed by atoms with van der Waals surface area (Å²) in [4.78, 5) is 12.1. The number of halogens is 3. The van der Waals surface area contributed by atoms with E-state index in [4.69, 9.17) is 0 Å². The monoisotopic (exact) mass is 350 g/mol. The van der Waals surface area contributed by atoms with E-state index in [0.29, 0.717) is 0 Å². The molecular formula is C17H17F3N4O. The van der Waals surface area contributed by atoms with Crippen molar-refractivity contribution in [1.29, 1.82) is 0 Å². The summed E-state index contributed by atoms with van der Waals surface area (Å²) in [5, 5.41) is 13.1. The first kappa shape index (κ1) is 17.2. The molecule has 1 aliphatic rings. The van der Waals surface area contributed by atoms with Crippen molar-refractivity contribution in [3.05, 3.63) is 47.7 Å². The van der Waals surface area contributed by atoms with Crippen molar-refractivity contribution in [2.45, 2.75) is 37.9 Å². The molecule has 2 N–H and O–H groups in total. The van der Waals surface area contributed by atoms with Gasteiger partial charge in [0.05, 0.1) is 11.3 Å². The number of carbonyl (C=O) groups excluding carboxylic acids is 1. The molecule has 1 heterocycles. The Kier molecular flexibility index (Phi) is 4.87. The third kappa shape index (κ3) is 4.26. The van der Waals surface area contributed by atoms with Crippen molar-refractivity contribution in [3.63, 3.8) is 0 Å². The maximum Gasteiger partial charge on any atom is 0.418 e. The molecule has 3 rings (SSSR count). The third-order valence-corrected chi connectivity index (χ3v) is 4.08. The molecule has 1 aromatic carbocycles. The number of hydrogen-bond donors (Lipinski definition) is 2. The van der Waals surface area contributed by atoms with Crippen LogP contribution in [0.1, 0.15) is 41.7 Å². The van der Waals surface area contributed by atoms with Gasteiger partial charge in [-0.2, -0.15) is 13.2 Å². The average Bonchev–Trinajstić information content (AvgIpc) is 3.08. The Balaban J connectivity index is 1.70. The molecule has 0 saturated heterocycles. The van der Waals surface area contributed by atoms with E-state index in [2.05, 4.69) is 20.8 Å². The number of para-hydroxylation sites is 1.